The molecule has 0 unspecified atom stereocenters. The van der Waals surface area contributed by atoms with E-state index < -0.39 is 6.26 Å². The van der Waals surface area contributed by atoms with Gasteiger partial charge < -0.3 is 0 Å². The Morgan fingerprint density at radius 2 is 2.60 bits per heavy atom. The number of rotatable bonds is 1. The van der Waals surface area contributed by atoms with Crippen molar-refractivity contribution in [1.29, 1.82) is 0 Å². The highest BCUT2D eigenvalue weighted by molar-refractivity contribution is 5.64. The van der Waals surface area contributed by atoms with Gasteiger partial charge in [0.15, 0.2) is 0 Å². The van der Waals surface area contributed by atoms with Crippen LogP contribution in [0.1, 0.15) is 8.29 Å². The van der Waals surface area contributed by atoms with Gasteiger partial charge in [-0.1, -0.05) is 6.08 Å². The molecule has 1 heteroatoms. The van der Waals surface area contributed by atoms with Crippen molar-refractivity contribution in [2.75, 3.05) is 0 Å². The van der Waals surface area contributed by atoms with Crippen LogP contribution in [0.4, 0.5) is 0 Å². The lowest BCUT2D eigenvalue weighted by atomic mass is 10.6. The first-order valence-corrected chi connectivity index (χ1v) is 1.40. The summed E-state index contributed by atoms with van der Waals surface area (Å²) in [6.45, 7) is 1.70. The van der Waals surface area contributed by atoms with Crippen LogP contribution in [0.25, 0.3) is 0 Å². The smallest absolute Gasteiger partial charge is 0.142 e. The summed E-state index contributed by atoms with van der Waals surface area (Å²) in [4.78, 5) is 9.62. The van der Waals surface area contributed by atoms with E-state index in [2.05, 4.69) is 0 Å². The second kappa shape index (κ2) is 3.41. The van der Waals surface area contributed by atoms with Gasteiger partial charge in [0.25, 0.3) is 0 Å². The number of hydrogen-bond acceptors (Lipinski definition) is 1. The summed E-state index contributed by atoms with van der Waals surface area (Å²) in [6.07, 6.45) is 2.09. The van der Waals surface area contributed by atoms with Crippen LogP contribution in [0, 0.1) is 0 Å². The van der Waals surface area contributed by atoms with Crippen LogP contribution in [0.3, 0.4) is 0 Å². The molecule has 0 atom stereocenters. The van der Waals surface area contributed by atoms with Crippen LogP contribution in [0.5, 0.6) is 0 Å². The van der Waals surface area contributed by atoms with Gasteiger partial charge in [0, 0.05) is 0 Å². The highest BCUT2D eigenvalue weighted by atomic mass is 16.1. The highest BCUT2D eigenvalue weighted by Crippen LogP contribution is 1.55. The summed E-state index contributed by atoms with van der Waals surface area (Å²) in [5.74, 6) is 0. The molecule has 0 amide bonds. The van der Waals surface area contributed by atoms with Gasteiger partial charge >= 0.3 is 0 Å². The molecule has 0 aromatic rings. The Balaban J connectivity index is 3.30. The topological polar surface area (TPSA) is 17.1 Å². The Hall–Kier alpha value is -0.590. The first-order chi connectivity index (χ1) is 2.77. The van der Waals surface area contributed by atoms with Gasteiger partial charge in [0.05, 0.1) is 0 Å². The molecule has 5 heavy (non-hydrogen) atoms. The average Bonchev–Trinajstić information content (AvgIpc) is 1.35. The van der Waals surface area contributed by atoms with Crippen molar-refractivity contribution < 1.29 is 6.17 Å². The van der Waals surface area contributed by atoms with E-state index in [9.17, 15) is 4.79 Å². The fourth-order valence-corrected chi connectivity index (χ4v) is 0.0680. The molecule has 0 N–H and O–H groups in total. The third kappa shape index (κ3) is 3.41. The minimum absolute atomic E-state index is 0.641. The molecule has 0 aromatic carbocycles. The Bertz CT molecular complexity index is 75.6. The lowest BCUT2D eigenvalue weighted by Gasteiger charge is -1.51. The summed E-state index contributed by atoms with van der Waals surface area (Å²) >= 11 is 0. The first kappa shape index (κ1) is 2.64. The van der Waals surface area contributed by atoms with Crippen LogP contribution in [0.15, 0.2) is 12.2 Å². The van der Waals surface area contributed by atoms with Crippen LogP contribution >= 0.6 is 0 Å². The standard InChI is InChI=1S/C4H6O/c1-2-3-4-5/h2-4H,1H3/b3-2+/i4D. The molecule has 0 aromatic heterocycles. The molecule has 0 heterocycles. The minimum Gasteiger partial charge on any atom is -0.299 e. The molecule has 0 radical (unpaired) electrons. The second-order valence-electron chi connectivity index (χ2n) is 0.618. The van der Waals surface area contributed by atoms with Crippen LogP contribution in [-0.2, 0) is 4.79 Å². The number of allylic oxidation sites excluding steroid dienone is 2. The van der Waals surface area contributed by atoms with Gasteiger partial charge in [-0.3, -0.25) is 4.79 Å². The van der Waals surface area contributed by atoms with Gasteiger partial charge in [-0.2, -0.15) is 0 Å². The maximum Gasteiger partial charge on any atom is 0.142 e. The molecule has 0 aliphatic carbocycles. The zero-order valence-electron chi connectivity index (χ0n) is 4.06. The summed E-state index contributed by atoms with van der Waals surface area (Å²) in [6, 6.07) is 0. The van der Waals surface area contributed by atoms with Crippen molar-refractivity contribution in [3.05, 3.63) is 12.2 Å². The fourth-order valence-electron chi connectivity index (χ4n) is 0.0680. The SMILES string of the molecule is [2H]C(=O)/C=C/C. The molecule has 0 fully saturated rings. The summed E-state index contributed by atoms with van der Waals surface area (Å²) < 4.78 is 6.25. The van der Waals surface area contributed by atoms with E-state index in [1.807, 2.05) is 0 Å². The van der Waals surface area contributed by atoms with Gasteiger partial charge in [-0.25, -0.2) is 0 Å². The molecule has 1 nitrogen and oxygen atoms in total. The number of carbonyl (C=O) groups excluding carboxylic acids is 1. The van der Waals surface area contributed by atoms with Crippen LogP contribution in [-0.4, -0.2) is 6.26 Å². The third-order valence-corrected chi connectivity index (χ3v) is 0.235. The van der Waals surface area contributed by atoms with Crippen molar-refractivity contribution >= 4 is 6.26 Å². The van der Waals surface area contributed by atoms with Gasteiger partial charge in [0.2, 0.25) is 0 Å². The fraction of sp³-hybridized carbons (Fsp3) is 0.250. The predicted molar refractivity (Wildman–Crippen MR) is 20.9 cm³/mol. The van der Waals surface area contributed by atoms with E-state index in [0.717, 1.165) is 0 Å². The zero-order chi connectivity index (χ0) is 4.99. The van der Waals surface area contributed by atoms with E-state index in [-0.39, 0.29) is 0 Å². The lowest BCUT2D eigenvalue weighted by Crippen LogP contribution is -1.50. The Morgan fingerprint density at radius 1 is 2.00 bits per heavy atom. The van der Waals surface area contributed by atoms with Crippen molar-refractivity contribution in [2.45, 2.75) is 6.92 Å². The minimum atomic E-state index is -0.641. The van der Waals surface area contributed by atoms with E-state index >= 15 is 0 Å². The molecule has 0 saturated heterocycles. The second-order valence-corrected chi connectivity index (χ2v) is 0.618. The predicted octanol–water partition coefficient (Wildman–Crippen LogP) is 0.761. The van der Waals surface area contributed by atoms with Crippen LogP contribution in [0.2, 0.25) is 0 Å². The quantitative estimate of drug-likeness (QED) is 0.329. The van der Waals surface area contributed by atoms with Crippen LogP contribution < -0.4 is 0 Å². The van der Waals surface area contributed by atoms with Crippen molar-refractivity contribution in [2.24, 2.45) is 0 Å². The number of carbonyl (C=O) groups is 1. The monoisotopic (exact) mass is 71.0 g/mol. The van der Waals surface area contributed by atoms with Crippen molar-refractivity contribution in [3.8, 4) is 0 Å². The molecular weight excluding hydrogens is 64.0 g/mol. The molecular formula is C4H6O. The number of hydrogen-bond donors (Lipinski definition) is 0. The normalized spacial score (nSPS) is 11.8. The van der Waals surface area contributed by atoms with E-state index in [1.54, 1.807) is 6.92 Å². The van der Waals surface area contributed by atoms with Crippen molar-refractivity contribution in [1.82, 2.24) is 0 Å². The maximum absolute atomic E-state index is 9.62. The van der Waals surface area contributed by atoms with E-state index in [1.165, 1.54) is 12.2 Å². The molecule has 0 aliphatic rings. The Labute approximate surface area is 32.7 Å². The third-order valence-electron chi connectivity index (χ3n) is 0.235. The molecule has 0 aliphatic heterocycles. The van der Waals surface area contributed by atoms with E-state index in [0.29, 0.717) is 0 Å². The van der Waals surface area contributed by atoms with E-state index in [4.69, 9.17) is 1.37 Å². The van der Waals surface area contributed by atoms with Crippen molar-refractivity contribution in [3.63, 3.8) is 0 Å². The number of aldehydes is 1. The summed E-state index contributed by atoms with van der Waals surface area (Å²) in [5, 5.41) is 0. The Morgan fingerprint density at radius 3 is 2.60 bits per heavy atom. The van der Waals surface area contributed by atoms with Gasteiger partial charge in [-0.15, -0.1) is 0 Å². The molecule has 0 bridgehead atoms. The summed E-state index contributed by atoms with van der Waals surface area (Å²) in [5.41, 5.74) is 0. The average molecular weight is 71.1 g/mol. The molecule has 0 saturated carbocycles. The molecule has 0 spiro atoms. The molecule has 0 rings (SSSR count). The van der Waals surface area contributed by atoms with Gasteiger partial charge in [0.1, 0.15) is 7.63 Å². The Kier molecular flexibility index (Phi) is 1.80. The zero-order valence-corrected chi connectivity index (χ0v) is 3.06. The lowest BCUT2D eigenvalue weighted by molar-refractivity contribution is -0.104. The maximum atomic E-state index is 9.62. The first-order valence-electron chi connectivity index (χ1n) is 1.90. The van der Waals surface area contributed by atoms with Gasteiger partial charge in [-0.05, 0) is 13.0 Å². The largest absolute Gasteiger partial charge is 0.299 e. The highest BCUT2D eigenvalue weighted by Gasteiger charge is 1.48. The summed E-state index contributed by atoms with van der Waals surface area (Å²) in [7, 11) is 0. The molecule has 28 valence electrons.